The highest BCUT2D eigenvalue weighted by molar-refractivity contribution is 5.94. The summed E-state index contributed by atoms with van der Waals surface area (Å²) in [6, 6.07) is 13.0. The van der Waals surface area contributed by atoms with Crippen LogP contribution in [0, 0.1) is 0 Å². The smallest absolute Gasteiger partial charge is 0.253 e. The van der Waals surface area contributed by atoms with Gasteiger partial charge in [-0.1, -0.05) is 18.2 Å². The molecule has 0 bridgehead atoms. The van der Waals surface area contributed by atoms with Crippen LogP contribution in [0.1, 0.15) is 15.9 Å². The third kappa shape index (κ3) is 4.32. The molecule has 3 rings (SSSR count). The van der Waals surface area contributed by atoms with Crippen LogP contribution < -0.4 is 15.4 Å². The van der Waals surface area contributed by atoms with Crippen LogP contribution in [0.3, 0.4) is 0 Å². The zero-order valence-electron chi connectivity index (χ0n) is 13.8. The summed E-state index contributed by atoms with van der Waals surface area (Å²) in [6.45, 7) is 0.414. The summed E-state index contributed by atoms with van der Waals surface area (Å²) in [6.07, 6.45) is 6.61. The first-order valence-corrected chi connectivity index (χ1v) is 7.78. The second-order valence-electron chi connectivity index (χ2n) is 5.33. The standard InChI is InChI=1S/C19H18N4O2/c1-25-18-7-3-2-6-17(18)23-16-9-15(12-21-13-16)19(24)22-11-14-5-4-8-20-10-14/h2-10,12-13,23H,11H2,1H3,(H,22,24). The van der Waals surface area contributed by atoms with Gasteiger partial charge < -0.3 is 15.4 Å². The van der Waals surface area contributed by atoms with Crippen LogP contribution in [-0.4, -0.2) is 23.0 Å². The molecule has 6 nitrogen and oxygen atoms in total. The molecule has 1 aromatic carbocycles. The predicted molar refractivity (Wildman–Crippen MR) is 95.9 cm³/mol. The Morgan fingerprint density at radius 1 is 1.08 bits per heavy atom. The molecule has 0 saturated carbocycles. The molecule has 3 aromatic rings. The minimum atomic E-state index is -0.194. The lowest BCUT2D eigenvalue weighted by atomic mass is 10.2. The topological polar surface area (TPSA) is 76.1 Å². The van der Waals surface area contributed by atoms with E-state index in [-0.39, 0.29) is 5.91 Å². The molecule has 1 amide bonds. The third-order valence-corrected chi connectivity index (χ3v) is 3.56. The molecule has 0 saturated heterocycles. The molecule has 0 spiro atoms. The largest absolute Gasteiger partial charge is 0.495 e. The number of hydrogen-bond acceptors (Lipinski definition) is 5. The number of nitrogens with one attached hydrogen (secondary N) is 2. The van der Waals surface area contributed by atoms with E-state index in [0.717, 1.165) is 11.3 Å². The number of aromatic nitrogens is 2. The molecule has 0 aliphatic carbocycles. The maximum Gasteiger partial charge on any atom is 0.253 e. The number of anilines is 2. The fourth-order valence-electron chi connectivity index (χ4n) is 2.32. The average molecular weight is 334 g/mol. The monoisotopic (exact) mass is 334 g/mol. The van der Waals surface area contributed by atoms with E-state index in [2.05, 4.69) is 20.6 Å². The van der Waals surface area contributed by atoms with Crippen molar-refractivity contribution in [1.82, 2.24) is 15.3 Å². The van der Waals surface area contributed by atoms with Crippen molar-refractivity contribution in [2.45, 2.75) is 6.54 Å². The lowest BCUT2D eigenvalue weighted by Crippen LogP contribution is -2.23. The first kappa shape index (κ1) is 16.4. The summed E-state index contributed by atoms with van der Waals surface area (Å²) >= 11 is 0. The lowest BCUT2D eigenvalue weighted by Gasteiger charge is -2.11. The van der Waals surface area contributed by atoms with Crippen molar-refractivity contribution < 1.29 is 9.53 Å². The van der Waals surface area contributed by atoms with E-state index in [4.69, 9.17) is 4.74 Å². The van der Waals surface area contributed by atoms with Gasteiger partial charge in [-0.15, -0.1) is 0 Å². The zero-order chi connectivity index (χ0) is 17.5. The summed E-state index contributed by atoms with van der Waals surface area (Å²) in [5, 5.41) is 6.07. The van der Waals surface area contributed by atoms with Gasteiger partial charge in [0.15, 0.2) is 0 Å². The summed E-state index contributed by atoms with van der Waals surface area (Å²) in [5.74, 6) is 0.522. The average Bonchev–Trinajstić information content (AvgIpc) is 2.67. The lowest BCUT2D eigenvalue weighted by molar-refractivity contribution is 0.0950. The molecule has 0 atom stereocenters. The van der Waals surface area contributed by atoms with E-state index in [9.17, 15) is 4.79 Å². The van der Waals surface area contributed by atoms with Crippen LogP contribution in [-0.2, 0) is 6.54 Å². The molecule has 2 heterocycles. The van der Waals surface area contributed by atoms with Gasteiger partial charge in [0.25, 0.3) is 5.91 Å². The molecule has 0 aliphatic heterocycles. The molecular formula is C19H18N4O2. The highest BCUT2D eigenvalue weighted by Gasteiger charge is 2.08. The van der Waals surface area contributed by atoms with Crippen molar-refractivity contribution in [3.8, 4) is 5.75 Å². The van der Waals surface area contributed by atoms with Crippen molar-refractivity contribution in [3.05, 3.63) is 78.4 Å². The Morgan fingerprint density at radius 3 is 2.76 bits per heavy atom. The summed E-state index contributed by atoms with van der Waals surface area (Å²) in [7, 11) is 1.61. The van der Waals surface area contributed by atoms with E-state index in [1.807, 2.05) is 36.4 Å². The molecule has 2 N–H and O–H groups in total. The van der Waals surface area contributed by atoms with Crippen molar-refractivity contribution in [3.63, 3.8) is 0 Å². The van der Waals surface area contributed by atoms with Gasteiger partial charge in [0, 0.05) is 25.1 Å². The van der Waals surface area contributed by atoms with E-state index in [0.29, 0.717) is 23.5 Å². The molecule has 25 heavy (non-hydrogen) atoms. The Labute approximate surface area is 145 Å². The summed E-state index contributed by atoms with van der Waals surface area (Å²) < 4.78 is 5.31. The summed E-state index contributed by atoms with van der Waals surface area (Å²) in [5.41, 5.74) is 2.93. The summed E-state index contributed by atoms with van der Waals surface area (Å²) in [4.78, 5) is 20.5. The van der Waals surface area contributed by atoms with Gasteiger partial charge in [0.1, 0.15) is 5.75 Å². The number of carbonyl (C=O) groups excluding carboxylic acids is 1. The SMILES string of the molecule is COc1ccccc1Nc1cncc(C(=O)NCc2cccnc2)c1. The highest BCUT2D eigenvalue weighted by atomic mass is 16.5. The molecule has 0 unspecified atom stereocenters. The zero-order valence-corrected chi connectivity index (χ0v) is 13.8. The number of para-hydroxylation sites is 2. The van der Waals surface area contributed by atoms with Gasteiger partial charge in [-0.2, -0.15) is 0 Å². The maximum absolute atomic E-state index is 12.3. The number of nitrogens with zero attached hydrogens (tertiary/aromatic N) is 2. The minimum Gasteiger partial charge on any atom is -0.495 e. The first-order chi connectivity index (χ1) is 12.3. The number of rotatable bonds is 6. The minimum absolute atomic E-state index is 0.194. The number of methoxy groups -OCH3 is 1. The first-order valence-electron chi connectivity index (χ1n) is 7.78. The Morgan fingerprint density at radius 2 is 1.96 bits per heavy atom. The normalized spacial score (nSPS) is 10.1. The van der Waals surface area contributed by atoms with Gasteiger partial charge in [-0.25, -0.2) is 0 Å². The maximum atomic E-state index is 12.3. The van der Waals surface area contributed by atoms with E-state index in [1.165, 1.54) is 6.20 Å². The molecule has 126 valence electrons. The molecule has 0 radical (unpaired) electrons. The molecular weight excluding hydrogens is 316 g/mol. The molecule has 0 aliphatic rings. The fourth-order valence-corrected chi connectivity index (χ4v) is 2.32. The Kier molecular flexibility index (Phi) is 5.21. The fraction of sp³-hybridized carbons (Fsp3) is 0.105. The number of hydrogen-bond donors (Lipinski definition) is 2. The number of amides is 1. The number of benzene rings is 1. The van der Waals surface area contributed by atoms with E-state index >= 15 is 0 Å². The molecule has 6 heteroatoms. The van der Waals surface area contributed by atoms with Crippen LogP contribution in [0.25, 0.3) is 0 Å². The van der Waals surface area contributed by atoms with Crippen LogP contribution in [0.5, 0.6) is 5.75 Å². The highest BCUT2D eigenvalue weighted by Crippen LogP contribution is 2.26. The molecule has 2 aromatic heterocycles. The van der Waals surface area contributed by atoms with Gasteiger partial charge >= 0.3 is 0 Å². The second kappa shape index (κ2) is 7.92. The van der Waals surface area contributed by atoms with Gasteiger partial charge in [-0.3, -0.25) is 14.8 Å². The van der Waals surface area contributed by atoms with E-state index < -0.39 is 0 Å². The quantitative estimate of drug-likeness (QED) is 0.724. The number of pyridine rings is 2. The van der Waals surface area contributed by atoms with Crippen molar-refractivity contribution >= 4 is 17.3 Å². The Balaban J connectivity index is 1.69. The predicted octanol–water partition coefficient (Wildman–Crippen LogP) is 3.16. The van der Waals surface area contributed by atoms with Gasteiger partial charge in [0.05, 0.1) is 30.2 Å². The Bertz CT molecular complexity index is 853. The van der Waals surface area contributed by atoms with Crippen molar-refractivity contribution in [2.24, 2.45) is 0 Å². The number of ether oxygens (including phenoxy) is 1. The van der Waals surface area contributed by atoms with Crippen LogP contribution in [0.15, 0.2) is 67.3 Å². The van der Waals surface area contributed by atoms with Gasteiger partial charge in [-0.05, 0) is 29.8 Å². The third-order valence-electron chi connectivity index (χ3n) is 3.56. The van der Waals surface area contributed by atoms with Crippen molar-refractivity contribution in [1.29, 1.82) is 0 Å². The Hall–Kier alpha value is -3.41. The van der Waals surface area contributed by atoms with E-state index in [1.54, 1.807) is 31.8 Å². The van der Waals surface area contributed by atoms with Crippen LogP contribution in [0.2, 0.25) is 0 Å². The molecule has 0 fully saturated rings. The van der Waals surface area contributed by atoms with Crippen LogP contribution in [0.4, 0.5) is 11.4 Å². The van der Waals surface area contributed by atoms with Crippen molar-refractivity contribution in [2.75, 3.05) is 12.4 Å². The second-order valence-corrected chi connectivity index (χ2v) is 5.33. The van der Waals surface area contributed by atoms with Crippen LogP contribution >= 0.6 is 0 Å². The van der Waals surface area contributed by atoms with Gasteiger partial charge in [0.2, 0.25) is 0 Å². The number of carbonyl (C=O) groups is 1.